The lowest BCUT2D eigenvalue weighted by Gasteiger charge is -2.21. The van der Waals surface area contributed by atoms with Crippen LogP contribution in [0.5, 0.6) is 0 Å². The third-order valence-electron chi connectivity index (χ3n) is 6.21. The van der Waals surface area contributed by atoms with E-state index in [0.29, 0.717) is 23.4 Å². The lowest BCUT2D eigenvalue weighted by atomic mass is 9.96. The number of nitrogen functional groups attached to an aromatic ring is 1. The molecule has 5 aromatic rings. The van der Waals surface area contributed by atoms with E-state index < -0.39 is 0 Å². The van der Waals surface area contributed by atoms with Crippen molar-refractivity contribution in [3.63, 3.8) is 0 Å². The van der Waals surface area contributed by atoms with E-state index in [9.17, 15) is 4.79 Å². The number of hydrogen-bond acceptors (Lipinski definition) is 5. The molecule has 0 radical (unpaired) electrons. The molecule has 0 saturated heterocycles. The van der Waals surface area contributed by atoms with Crippen LogP contribution in [0.2, 0.25) is 0 Å². The number of anilines is 1. The van der Waals surface area contributed by atoms with Crippen molar-refractivity contribution in [1.29, 1.82) is 0 Å². The first-order valence-electron chi connectivity index (χ1n) is 12.3. The first-order chi connectivity index (χ1) is 17.7. The second-order valence-corrected chi connectivity index (χ2v) is 10.2. The van der Waals surface area contributed by atoms with Crippen LogP contribution >= 0.6 is 0 Å². The quantitative estimate of drug-likeness (QED) is 0.343. The summed E-state index contributed by atoms with van der Waals surface area (Å²) in [5, 5.41) is 9.37. The molecule has 0 saturated carbocycles. The van der Waals surface area contributed by atoms with Crippen LogP contribution in [0.15, 0.2) is 77.9 Å². The predicted octanol–water partition coefficient (Wildman–Crippen LogP) is 4.86. The highest BCUT2D eigenvalue weighted by Gasteiger charge is 2.19. The molecule has 0 aliphatic heterocycles. The van der Waals surface area contributed by atoms with E-state index in [1.807, 2.05) is 67.7 Å². The summed E-state index contributed by atoms with van der Waals surface area (Å²) in [6, 6.07) is 19.2. The van der Waals surface area contributed by atoms with Crippen LogP contribution < -0.4 is 16.6 Å². The van der Waals surface area contributed by atoms with Gasteiger partial charge in [-0.2, -0.15) is 0 Å². The standard InChI is InChI=1S/C30H30N6O/c1-20(33-19-24-27(31)34-35-17-9-16-32-28(24)35)25-18-22-11-8-10-21(14-15-30(2,3)4)26(22)29(37)36(25)23-12-6-5-7-13-23/h5-13,16-18,20,33H,19H2,1-4H3,(H2,31,34)/t20-/m0/s1. The predicted molar refractivity (Wildman–Crippen MR) is 149 cm³/mol. The molecule has 0 fully saturated rings. The van der Waals surface area contributed by atoms with Crippen molar-refractivity contribution in [3.05, 3.63) is 100 Å². The molecule has 3 N–H and O–H groups in total. The first-order valence-corrected chi connectivity index (χ1v) is 12.3. The Morgan fingerprint density at radius 1 is 1.08 bits per heavy atom. The molecule has 0 bridgehead atoms. The number of nitrogens with zero attached hydrogens (tertiary/aromatic N) is 4. The second kappa shape index (κ2) is 9.57. The Hall–Kier alpha value is -4.41. The van der Waals surface area contributed by atoms with Crippen molar-refractivity contribution in [1.82, 2.24) is 24.5 Å². The topological polar surface area (TPSA) is 90.2 Å². The van der Waals surface area contributed by atoms with Gasteiger partial charge < -0.3 is 11.1 Å². The smallest absolute Gasteiger partial charge is 0.264 e. The van der Waals surface area contributed by atoms with Crippen molar-refractivity contribution >= 4 is 22.2 Å². The minimum absolute atomic E-state index is 0.0941. The van der Waals surface area contributed by atoms with Gasteiger partial charge in [-0.25, -0.2) is 9.50 Å². The number of aromatic nitrogens is 4. The summed E-state index contributed by atoms with van der Waals surface area (Å²) in [5.41, 5.74) is 9.83. The van der Waals surface area contributed by atoms with Crippen LogP contribution in [0.25, 0.3) is 22.1 Å². The molecule has 7 heteroatoms. The summed E-state index contributed by atoms with van der Waals surface area (Å²) in [7, 11) is 0. The van der Waals surface area contributed by atoms with Crippen LogP contribution in [0.3, 0.4) is 0 Å². The van der Waals surface area contributed by atoms with Gasteiger partial charge in [-0.3, -0.25) is 9.36 Å². The van der Waals surface area contributed by atoms with Gasteiger partial charge in [0.25, 0.3) is 5.56 Å². The Bertz CT molecular complexity index is 1710. The highest BCUT2D eigenvalue weighted by atomic mass is 16.1. The molecule has 186 valence electrons. The van der Waals surface area contributed by atoms with Crippen molar-refractivity contribution in [2.75, 3.05) is 5.73 Å². The molecule has 1 atom stereocenters. The van der Waals surface area contributed by atoms with Gasteiger partial charge in [-0.05, 0) is 63.4 Å². The average Bonchev–Trinajstić information content (AvgIpc) is 3.20. The highest BCUT2D eigenvalue weighted by Crippen LogP contribution is 2.24. The number of pyridine rings is 1. The van der Waals surface area contributed by atoms with Crippen LogP contribution in [0.1, 0.15) is 50.6 Å². The summed E-state index contributed by atoms with van der Waals surface area (Å²) in [4.78, 5) is 18.5. The second-order valence-electron chi connectivity index (χ2n) is 10.2. The van der Waals surface area contributed by atoms with Crippen LogP contribution in [-0.4, -0.2) is 19.2 Å². The van der Waals surface area contributed by atoms with Gasteiger partial charge >= 0.3 is 0 Å². The summed E-state index contributed by atoms with van der Waals surface area (Å²) in [5.74, 6) is 6.96. The first kappa shape index (κ1) is 24.3. The van der Waals surface area contributed by atoms with Gasteiger partial charge in [0.15, 0.2) is 11.5 Å². The monoisotopic (exact) mass is 490 g/mol. The Morgan fingerprint density at radius 2 is 1.86 bits per heavy atom. The van der Waals surface area contributed by atoms with E-state index in [1.54, 1.807) is 15.3 Å². The van der Waals surface area contributed by atoms with E-state index in [2.05, 4.69) is 54.1 Å². The third-order valence-corrected chi connectivity index (χ3v) is 6.21. The van der Waals surface area contributed by atoms with Crippen molar-refractivity contribution in [3.8, 4) is 17.5 Å². The number of fused-ring (bicyclic) bond motifs is 2. The van der Waals surface area contributed by atoms with Crippen LogP contribution in [0, 0.1) is 17.3 Å². The molecule has 0 unspecified atom stereocenters. The van der Waals surface area contributed by atoms with Gasteiger partial charge in [0.2, 0.25) is 0 Å². The Balaban J connectivity index is 1.62. The Labute approximate surface area is 216 Å². The average molecular weight is 491 g/mol. The fourth-order valence-electron chi connectivity index (χ4n) is 4.38. The number of para-hydroxylation sites is 1. The van der Waals surface area contributed by atoms with Gasteiger partial charge in [0.1, 0.15) is 0 Å². The molecule has 0 aliphatic carbocycles. The maximum Gasteiger partial charge on any atom is 0.264 e. The SMILES string of the molecule is C[C@H](NCc1c(N)nn2cccnc12)c1cc2cccc(C#CC(C)(C)C)c2c(=O)n1-c1ccccc1. The normalized spacial score (nSPS) is 12.4. The zero-order chi connectivity index (χ0) is 26.2. The molecule has 3 aromatic heterocycles. The molecule has 7 nitrogen and oxygen atoms in total. The van der Waals surface area contributed by atoms with Crippen molar-refractivity contribution in [2.24, 2.45) is 5.41 Å². The summed E-state index contributed by atoms with van der Waals surface area (Å²) < 4.78 is 3.45. The Kier molecular flexibility index (Phi) is 6.28. The number of nitrogens with one attached hydrogen (secondary N) is 1. The van der Waals surface area contributed by atoms with Gasteiger partial charge in [-0.15, -0.1) is 5.10 Å². The zero-order valence-corrected chi connectivity index (χ0v) is 21.5. The minimum Gasteiger partial charge on any atom is -0.382 e. The van der Waals surface area contributed by atoms with Gasteiger partial charge in [-0.1, -0.05) is 42.2 Å². The van der Waals surface area contributed by atoms with Gasteiger partial charge in [0.05, 0.1) is 10.9 Å². The molecule has 0 spiro atoms. The number of nitrogens with two attached hydrogens (primary N) is 1. The molecule has 0 aliphatic rings. The minimum atomic E-state index is -0.181. The largest absolute Gasteiger partial charge is 0.382 e. The number of benzene rings is 2. The van der Waals surface area contributed by atoms with Crippen LogP contribution in [-0.2, 0) is 6.54 Å². The van der Waals surface area contributed by atoms with E-state index in [4.69, 9.17) is 5.73 Å². The number of hydrogen-bond donors (Lipinski definition) is 2. The van der Waals surface area contributed by atoms with E-state index in [1.165, 1.54) is 0 Å². The lowest BCUT2D eigenvalue weighted by molar-refractivity contribution is 0.550. The lowest BCUT2D eigenvalue weighted by Crippen LogP contribution is -2.29. The Morgan fingerprint density at radius 3 is 2.62 bits per heavy atom. The molecule has 37 heavy (non-hydrogen) atoms. The fraction of sp³-hybridized carbons (Fsp3) is 0.233. The van der Waals surface area contributed by atoms with E-state index in [-0.39, 0.29) is 17.0 Å². The van der Waals surface area contributed by atoms with E-state index in [0.717, 1.165) is 27.9 Å². The molecule has 3 heterocycles. The van der Waals surface area contributed by atoms with Crippen LogP contribution in [0.4, 0.5) is 5.82 Å². The molecular weight excluding hydrogens is 460 g/mol. The summed E-state index contributed by atoms with van der Waals surface area (Å²) in [6.45, 7) is 8.67. The maximum absolute atomic E-state index is 14.1. The maximum atomic E-state index is 14.1. The van der Waals surface area contributed by atoms with Crippen molar-refractivity contribution in [2.45, 2.75) is 40.3 Å². The zero-order valence-electron chi connectivity index (χ0n) is 21.5. The summed E-state index contributed by atoms with van der Waals surface area (Å²) >= 11 is 0. The molecule has 5 rings (SSSR count). The highest BCUT2D eigenvalue weighted by molar-refractivity contribution is 5.88. The fourth-order valence-corrected chi connectivity index (χ4v) is 4.38. The van der Waals surface area contributed by atoms with Gasteiger partial charge in [0, 0.05) is 47.3 Å². The molecular formula is C30H30N6O. The van der Waals surface area contributed by atoms with Crippen molar-refractivity contribution < 1.29 is 0 Å². The third kappa shape index (κ3) is 4.84. The molecule has 0 amide bonds. The van der Waals surface area contributed by atoms with E-state index >= 15 is 0 Å². The summed E-state index contributed by atoms with van der Waals surface area (Å²) in [6.07, 6.45) is 3.54. The molecule has 2 aromatic carbocycles. The number of rotatable bonds is 5.